The Morgan fingerprint density at radius 2 is 1.34 bits per heavy atom. The number of anilines is 1. The van der Waals surface area contributed by atoms with Gasteiger partial charge in [0.1, 0.15) is 11.6 Å². The van der Waals surface area contributed by atoms with Gasteiger partial charge >= 0.3 is 0 Å². The molecule has 1 heterocycles. The first-order valence-corrected chi connectivity index (χ1v) is 9.83. The van der Waals surface area contributed by atoms with Crippen LogP contribution in [0.2, 0.25) is 0 Å². The molecule has 1 spiro atoms. The van der Waals surface area contributed by atoms with Crippen LogP contribution in [0.1, 0.15) is 41.4 Å². The lowest BCUT2D eigenvalue weighted by molar-refractivity contribution is -0.128. The second-order valence-electron chi connectivity index (χ2n) is 7.89. The van der Waals surface area contributed by atoms with Gasteiger partial charge in [-0.15, -0.1) is 0 Å². The van der Waals surface area contributed by atoms with E-state index in [0.29, 0.717) is 11.3 Å². The first-order chi connectivity index (χ1) is 14.1. The van der Waals surface area contributed by atoms with Crippen molar-refractivity contribution in [3.05, 3.63) is 101 Å². The van der Waals surface area contributed by atoms with E-state index in [1.165, 1.54) is 12.1 Å². The lowest BCUT2D eigenvalue weighted by Gasteiger charge is -2.46. The number of hydrogen-bond donors (Lipinski definition) is 1. The number of rotatable bonds is 2. The van der Waals surface area contributed by atoms with E-state index in [-0.39, 0.29) is 42.2 Å². The molecule has 0 bridgehead atoms. The number of Topliss-reactive ketones (excluding diaryl/α,β-unsaturated/α-hetero) is 1. The maximum absolute atomic E-state index is 14.4. The van der Waals surface area contributed by atoms with Gasteiger partial charge in [-0.2, -0.15) is 0 Å². The second kappa shape index (κ2) is 6.66. The van der Waals surface area contributed by atoms with Crippen molar-refractivity contribution >= 4 is 17.4 Å². The minimum absolute atomic E-state index is 0.121. The van der Waals surface area contributed by atoms with E-state index in [1.807, 2.05) is 60.7 Å². The molecular weight excluding hydrogens is 365 g/mol. The van der Waals surface area contributed by atoms with Gasteiger partial charge in [0.2, 0.25) is 5.91 Å². The number of carbonyl (C=O) groups is 2. The first-order valence-electron chi connectivity index (χ1n) is 9.83. The molecule has 2 atom stereocenters. The van der Waals surface area contributed by atoms with Crippen LogP contribution in [0.4, 0.5) is 10.1 Å². The fraction of sp³-hybridized carbons (Fsp3) is 0.200. The first kappa shape index (κ1) is 17.8. The summed E-state index contributed by atoms with van der Waals surface area (Å²) < 4.78 is 14.4. The van der Waals surface area contributed by atoms with Crippen molar-refractivity contribution in [1.29, 1.82) is 0 Å². The van der Waals surface area contributed by atoms with Crippen LogP contribution in [-0.2, 0) is 15.0 Å². The molecule has 0 radical (unpaired) electrons. The predicted octanol–water partition coefficient (Wildman–Crippen LogP) is 4.95. The Balaban J connectivity index is 1.82. The molecule has 0 saturated heterocycles. The second-order valence-corrected chi connectivity index (χ2v) is 7.89. The van der Waals surface area contributed by atoms with Crippen LogP contribution in [-0.4, -0.2) is 11.7 Å². The van der Waals surface area contributed by atoms with E-state index < -0.39 is 5.41 Å². The minimum Gasteiger partial charge on any atom is -0.325 e. The molecule has 1 fully saturated rings. The molecule has 3 aromatic carbocycles. The number of fused-ring (bicyclic) bond motifs is 2. The number of benzene rings is 3. The van der Waals surface area contributed by atoms with Crippen molar-refractivity contribution in [2.75, 3.05) is 5.32 Å². The molecule has 29 heavy (non-hydrogen) atoms. The molecule has 3 nitrogen and oxygen atoms in total. The van der Waals surface area contributed by atoms with Crippen molar-refractivity contribution in [1.82, 2.24) is 0 Å². The summed E-state index contributed by atoms with van der Waals surface area (Å²) in [7, 11) is 0. The van der Waals surface area contributed by atoms with Crippen LogP contribution in [0, 0.1) is 5.82 Å². The zero-order chi connectivity index (χ0) is 20.0. The molecule has 1 aliphatic heterocycles. The number of amides is 1. The Labute approximate surface area is 168 Å². The zero-order valence-electron chi connectivity index (χ0n) is 15.8. The molecule has 0 unspecified atom stereocenters. The van der Waals surface area contributed by atoms with E-state index in [2.05, 4.69) is 5.32 Å². The quantitative estimate of drug-likeness (QED) is 0.679. The van der Waals surface area contributed by atoms with E-state index >= 15 is 0 Å². The smallest absolute Gasteiger partial charge is 0.236 e. The van der Waals surface area contributed by atoms with Crippen molar-refractivity contribution < 1.29 is 14.0 Å². The monoisotopic (exact) mass is 385 g/mol. The molecule has 5 rings (SSSR count). The Bertz CT molecular complexity index is 1040. The third-order valence-corrected chi connectivity index (χ3v) is 6.42. The standard InChI is InChI=1S/C25H20FNO2/c26-18-11-12-23-22(13-18)25(24(29)27-23)20(16-7-3-1-4-8-16)14-19(28)15-21(25)17-9-5-2-6-10-17/h1-13,20-21H,14-15H2,(H,27,29)/t20-,21-/m0/s1. The lowest BCUT2D eigenvalue weighted by atomic mass is 9.54. The largest absolute Gasteiger partial charge is 0.325 e. The fourth-order valence-electron chi connectivity index (χ4n) is 5.24. The van der Waals surface area contributed by atoms with Crippen LogP contribution in [0.3, 0.4) is 0 Å². The Kier molecular flexibility index (Phi) is 4.09. The molecular formula is C25H20FNO2. The average molecular weight is 385 g/mol. The Morgan fingerprint density at radius 3 is 1.90 bits per heavy atom. The van der Waals surface area contributed by atoms with Gasteiger partial charge in [0.05, 0.1) is 5.41 Å². The van der Waals surface area contributed by atoms with Gasteiger partial charge in [-0.05, 0) is 34.9 Å². The summed E-state index contributed by atoms with van der Waals surface area (Å²) in [6, 6.07) is 23.8. The zero-order valence-corrected chi connectivity index (χ0v) is 15.8. The van der Waals surface area contributed by atoms with E-state index in [1.54, 1.807) is 6.07 Å². The SMILES string of the molecule is O=C1C[C@@H](c2ccccc2)C2(C(=O)Nc3ccc(F)cc32)[C@H](c2ccccc2)C1. The van der Waals surface area contributed by atoms with Crippen LogP contribution >= 0.6 is 0 Å². The number of hydrogen-bond acceptors (Lipinski definition) is 2. The number of ketones is 1. The summed E-state index contributed by atoms with van der Waals surface area (Å²) in [5.74, 6) is -1.14. The van der Waals surface area contributed by atoms with Crippen LogP contribution in [0.5, 0.6) is 0 Å². The summed E-state index contributed by atoms with van der Waals surface area (Å²) in [6.45, 7) is 0. The highest BCUT2D eigenvalue weighted by atomic mass is 19.1. The maximum atomic E-state index is 14.4. The number of carbonyl (C=O) groups excluding carboxylic acids is 2. The molecule has 2 aliphatic rings. The van der Waals surface area contributed by atoms with Gasteiger partial charge in [-0.1, -0.05) is 60.7 Å². The summed E-state index contributed by atoms with van der Waals surface area (Å²) in [5.41, 5.74) is 2.10. The van der Waals surface area contributed by atoms with Crippen LogP contribution in [0.15, 0.2) is 78.9 Å². The highest BCUT2D eigenvalue weighted by Gasteiger charge is 2.60. The van der Waals surface area contributed by atoms with Crippen LogP contribution in [0.25, 0.3) is 0 Å². The minimum atomic E-state index is -1.03. The summed E-state index contributed by atoms with van der Waals surface area (Å²) in [5, 5.41) is 2.98. The fourth-order valence-corrected chi connectivity index (χ4v) is 5.24. The molecule has 1 amide bonds. The molecule has 3 aromatic rings. The highest BCUT2D eigenvalue weighted by Crippen LogP contribution is 2.59. The van der Waals surface area contributed by atoms with Gasteiger partial charge in [-0.25, -0.2) is 4.39 Å². The van der Waals surface area contributed by atoms with Gasteiger partial charge in [0.25, 0.3) is 0 Å². The summed E-state index contributed by atoms with van der Waals surface area (Å²) in [6.07, 6.45) is 0.521. The molecule has 1 N–H and O–H groups in total. The highest BCUT2D eigenvalue weighted by molar-refractivity contribution is 6.09. The summed E-state index contributed by atoms with van der Waals surface area (Å²) in [4.78, 5) is 26.5. The van der Waals surface area contributed by atoms with Crippen molar-refractivity contribution in [3.63, 3.8) is 0 Å². The van der Waals surface area contributed by atoms with E-state index in [0.717, 1.165) is 11.1 Å². The van der Waals surface area contributed by atoms with Gasteiger partial charge in [-0.3, -0.25) is 9.59 Å². The third kappa shape index (κ3) is 2.63. The molecule has 0 aromatic heterocycles. The third-order valence-electron chi connectivity index (χ3n) is 6.42. The average Bonchev–Trinajstić information content (AvgIpc) is 3.03. The van der Waals surface area contributed by atoms with Crippen molar-refractivity contribution in [3.8, 4) is 0 Å². The predicted molar refractivity (Wildman–Crippen MR) is 109 cm³/mol. The van der Waals surface area contributed by atoms with E-state index in [9.17, 15) is 14.0 Å². The Morgan fingerprint density at radius 1 is 0.793 bits per heavy atom. The maximum Gasteiger partial charge on any atom is 0.236 e. The normalized spacial score (nSPS) is 22.4. The van der Waals surface area contributed by atoms with Crippen molar-refractivity contribution in [2.24, 2.45) is 0 Å². The van der Waals surface area contributed by atoms with Gasteiger partial charge < -0.3 is 5.32 Å². The van der Waals surface area contributed by atoms with Crippen LogP contribution < -0.4 is 5.32 Å². The summed E-state index contributed by atoms with van der Waals surface area (Å²) >= 11 is 0. The molecule has 1 aliphatic carbocycles. The molecule has 4 heteroatoms. The van der Waals surface area contributed by atoms with Crippen molar-refractivity contribution in [2.45, 2.75) is 30.1 Å². The van der Waals surface area contributed by atoms with Gasteiger partial charge in [0, 0.05) is 30.4 Å². The topological polar surface area (TPSA) is 46.2 Å². The molecule has 144 valence electrons. The van der Waals surface area contributed by atoms with Gasteiger partial charge in [0.15, 0.2) is 0 Å². The molecule has 1 saturated carbocycles. The van der Waals surface area contributed by atoms with E-state index in [4.69, 9.17) is 0 Å². The Hall–Kier alpha value is -3.27. The number of nitrogens with one attached hydrogen (secondary N) is 1. The number of halogens is 1. The lowest BCUT2D eigenvalue weighted by Crippen LogP contribution is -2.50.